The summed E-state index contributed by atoms with van der Waals surface area (Å²) in [4.78, 5) is 33.4. The lowest BCUT2D eigenvalue weighted by Crippen LogP contribution is -2.45. The predicted octanol–water partition coefficient (Wildman–Crippen LogP) is 2.75. The van der Waals surface area contributed by atoms with Crippen molar-refractivity contribution >= 4 is 11.8 Å². The minimum Gasteiger partial charge on any atom is -0.484 e. The van der Waals surface area contributed by atoms with Gasteiger partial charge < -0.3 is 14.5 Å². The number of benzene rings is 1. The number of hydrogen-bond acceptors (Lipinski definition) is 4. The summed E-state index contributed by atoms with van der Waals surface area (Å²) in [6.07, 6.45) is 5.95. The number of carbonyl (C=O) groups is 2. The van der Waals surface area contributed by atoms with Crippen LogP contribution in [0.3, 0.4) is 0 Å². The van der Waals surface area contributed by atoms with Crippen molar-refractivity contribution in [3.05, 3.63) is 60.4 Å². The number of ether oxygens (including phenoxy) is 1. The summed E-state index contributed by atoms with van der Waals surface area (Å²) in [5.41, 5.74) is 1.06. The van der Waals surface area contributed by atoms with Crippen molar-refractivity contribution in [1.29, 1.82) is 0 Å². The molecule has 0 unspecified atom stereocenters. The van der Waals surface area contributed by atoms with Crippen molar-refractivity contribution in [2.45, 2.75) is 25.8 Å². The third-order valence-electron chi connectivity index (χ3n) is 6.01. The Labute approximate surface area is 171 Å². The molecule has 0 bridgehead atoms. The lowest BCUT2D eigenvalue weighted by Gasteiger charge is -2.37. The van der Waals surface area contributed by atoms with Crippen molar-refractivity contribution < 1.29 is 14.3 Å². The van der Waals surface area contributed by atoms with Crippen LogP contribution >= 0.6 is 0 Å². The van der Waals surface area contributed by atoms with Gasteiger partial charge >= 0.3 is 0 Å². The predicted molar refractivity (Wildman–Crippen MR) is 109 cm³/mol. The molecule has 3 heterocycles. The third kappa shape index (κ3) is 4.94. The second kappa shape index (κ2) is 9.07. The molecule has 2 aliphatic heterocycles. The van der Waals surface area contributed by atoms with Crippen LogP contribution in [0, 0.1) is 11.8 Å². The Balaban J connectivity index is 1.32. The first-order valence-electron chi connectivity index (χ1n) is 10.3. The van der Waals surface area contributed by atoms with Crippen LogP contribution in [0.25, 0.3) is 0 Å². The van der Waals surface area contributed by atoms with Crippen molar-refractivity contribution in [2.24, 2.45) is 11.8 Å². The first-order valence-corrected chi connectivity index (χ1v) is 10.3. The number of fused-ring (bicyclic) bond motifs is 1. The average Bonchev–Trinajstić information content (AvgIpc) is 2.91. The number of para-hydroxylation sites is 1. The fraction of sp³-hybridized carbons (Fsp3) is 0.435. The molecule has 152 valence electrons. The Bertz CT molecular complexity index is 828. The van der Waals surface area contributed by atoms with Gasteiger partial charge in [0, 0.05) is 45.0 Å². The molecule has 6 nitrogen and oxygen atoms in total. The molecule has 2 aliphatic rings. The standard InChI is InChI=1S/C23H27N3O3/c27-22-13-19-8-11-26(23(28)17-29-21-6-2-1-3-7-21)16-20(19)9-12-25(22)15-18-5-4-10-24-14-18/h1-7,10,14,19-20H,8-9,11-13,15-17H2/t19-,20+/m1/s1. The summed E-state index contributed by atoms with van der Waals surface area (Å²) in [6, 6.07) is 13.3. The molecule has 2 aromatic rings. The van der Waals surface area contributed by atoms with Crippen molar-refractivity contribution in [3.8, 4) is 5.75 Å². The Morgan fingerprint density at radius 2 is 1.90 bits per heavy atom. The van der Waals surface area contributed by atoms with Crippen molar-refractivity contribution in [1.82, 2.24) is 14.8 Å². The van der Waals surface area contributed by atoms with Gasteiger partial charge in [-0.05, 0) is 48.4 Å². The second-order valence-corrected chi connectivity index (χ2v) is 7.92. The number of hydrogen-bond donors (Lipinski definition) is 0. The van der Waals surface area contributed by atoms with E-state index in [1.807, 2.05) is 58.5 Å². The average molecular weight is 393 g/mol. The number of nitrogens with zero attached hydrogens (tertiary/aromatic N) is 3. The number of likely N-dealkylation sites (tertiary alicyclic amines) is 2. The molecule has 2 amide bonds. The van der Waals surface area contributed by atoms with Crippen LogP contribution in [-0.2, 0) is 16.1 Å². The zero-order valence-electron chi connectivity index (χ0n) is 16.6. The Kier molecular flexibility index (Phi) is 6.08. The van der Waals surface area contributed by atoms with Crippen LogP contribution in [0.15, 0.2) is 54.9 Å². The molecule has 6 heteroatoms. The molecule has 1 aromatic carbocycles. The summed E-state index contributed by atoms with van der Waals surface area (Å²) in [5.74, 6) is 1.68. The molecule has 0 radical (unpaired) electrons. The van der Waals surface area contributed by atoms with Crippen LogP contribution in [0.1, 0.15) is 24.8 Å². The summed E-state index contributed by atoms with van der Waals surface area (Å²) in [7, 11) is 0. The van der Waals surface area contributed by atoms with E-state index in [4.69, 9.17) is 4.74 Å². The Morgan fingerprint density at radius 1 is 1.07 bits per heavy atom. The zero-order chi connectivity index (χ0) is 20.1. The lowest BCUT2D eigenvalue weighted by molar-refractivity contribution is -0.136. The van der Waals surface area contributed by atoms with Gasteiger partial charge in [0.05, 0.1) is 0 Å². The molecule has 0 saturated carbocycles. The van der Waals surface area contributed by atoms with Gasteiger partial charge in [0.1, 0.15) is 5.75 Å². The normalized spacial score (nSPS) is 22.0. The van der Waals surface area contributed by atoms with Crippen LogP contribution in [-0.4, -0.2) is 52.8 Å². The van der Waals surface area contributed by atoms with E-state index in [-0.39, 0.29) is 18.4 Å². The van der Waals surface area contributed by atoms with Gasteiger partial charge in [0.25, 0.3) is 5.91 Å². The number of rotatable bonds is 5. The molecule has 0 aliphatic carbocycles. The molecule has 2 atom stereocenters. The van der Waals surface area contributed by atoms with E-state index in [0.29, 0.717) is 37.1 Å². The molecule has 0 N–H and O–H groups in total. The minimum atomic E-state index is 0.0232. The first-order chi connectivity index (χ1) is 14.2. The van der Waals surface area contributed by atoms with E-state index in [1.165, 1.54) is 0 Å². The van der Waals surface area contributed by atoms with Crippen molar-refractivity contribution in [2.75, 3.05) is 26.2 Å². The highest BCUT2D eigenvalue weighted by atomic mass is 16.5. The number of aromatic nitrogens is 1. The largest absolute Gasteiger partial charge is 0.484 e. The SMILES string of the molecule is O=C1C[C@H]2CCN(C(=O)COc3ccccc3)C[C@@H]2CCN1Cc1cccnc1. The molecule has 4 rings (SSSR count). The molecule has 2 saturated heterocycles. The number of carbonyl (C=O) groups excluding carboxylic acids is 2. The zero-order valence-corrected chi connectivity index (χ0v) is 16.6. The van der Waals surface area contributed by atoms with Gasteiger partial charge in [-0.25, -0.2) is 0 Å². The highest BCUT2D eigenvalue weighted by Crippen LogP contribution is 2.33. The van der Waals surface area contributed by atoms with E-state index in [1.54, 1.807) is 6.20 Å². The number of pyridine rings is 1. The highest BCUT2D eigenvalue weighted by Gasteiger charge is 2.36. The van der Waals surface area contributed by atoms with Gasteiger partial charge in [0.2, 0.25) is 5.91 Å². The molecule has 29 heavy (non-hydrogen) atoms. The number of piperidine rings is 1. The molecular formula is C23H27N3O3. The summed E-state index contributed by atoms with van der Waals surface area (Å²) in [5, 5.41) is 0. The summed E-state index contributed by atoms with van der Waals surface area (Å²) >= 11 is 0. The fourth-order valence-corrected chi connectivity index (χ4v) is 4.34. The summed E-state index contributed by atoms with van der Waals surface area (Å²) < 4.78 is 5.62. The maximum Gasteiger partial charge on any atom is 0.260 e. The van der Waals surface area contributed by atoms with Gasteiger partial charge in [-0.1, -0.05) is 24.3 Å². The van der Waals surface area contributed by atoms with E-state index < -0.39 is 0 Å². The van der Waals surface area contributed by atoms with Crippen LogP contribution in [0.2, 0.25) is 0 Å². The van der Waals surface area contributed by atoms with Crippen molar-refractivity contribution in [3.63, 3.8) is 0 Å². The van der Waals surface area contributed by atoms with Crippen LogP contribution < -0.4 is 4.74 Å². The van der Waals surface area contributed by atoms with E-state index in [2.05, 4.69) is 4.98 Å². The maximum absolute atomic E-state index is 12.8. The molecule has 1 aromatic heterocycles. The smallest absolute Gasteiger partial charge is 0.260 e. The van der Waals surface area contributed by atoms with E-state index >= 15 is 0 Å². The van der Waals surface area contributed by atoms with Gasteiger partial charge in [-0.3, -0.25) is 14.6 Å². The Hall–Kier alpha value is -2.89. The minimum absolute atomic E-state index is 0.0232. The van der Waals surface area contributed by atoms with E-state index in [0.717, 1.165) is 31.5 Å². The molecule has 0 spiro atoms. The quantitative estimate of drug-likeness (QED) is 0.784. The monoisotopic (exact) mass is 393 g/mol. The van der Waals surface area contributed by atoms with Crippen LogP contribution in [0.5, 0.6) is 5.75 Å². The molecular weight excluding hydrogens is 366 g/mol. The second-order valence-electron chi connectivity index (χ2n) is 7.92. The summed E-state index contributed by atoms with van der Waals surface area (Å²) in [6.45, 7) is 2.83. The molecule has 2 fully saturated rings. The van der Waals surface area contributed by atoms with Gasteiger partial charge in [-0.15, -0.1) is 0 Å². The lowest BCUT2D eigenvalue weighted by atomic mass is 9.82. The first kappa shape index (κ1) is 19.4. The Morgan fingerprint density at radius 3 is 2.69 bits per heavy atom. The number of amides is 2. The highest BCUT2D eigenvalue weighted by molar-refractivity contribution is 5.78. The van der Waals surface area contributed by atoms with Crippen LogP contribution in [0.4, 0.5) is 0 Å². The van der Waals surface area contributed by atoms with E-state index in [9.17, 15) is 9.59 Å². The van der Waals surface area contributed by atoms with Gasteiger partial charge in [-0.2, -0.15) is 0 Å². The van der Waals surface area contributed by atoms with Gasteiger partial charge in [0.15, 0.2) is 6.61 Å². The third-order valence-corrected chi connectivity index (χ3v) is 6.01. The fourth-order valence-electron chi connectivity index (χ4n) is 4.34. The topological polar surface area (TPSA) is 62.7 Å². The maximum atomic E-state index is 12.8.